The Balaban J connectivity index is 1.37. The number of imidazole rings is 1. The van der Waals surface area contributed by atoms with Crippen LogP contribution in [0.25, 0.3) is 11.3 Å². The molecule has 3 aromatic rings. The van der Waals surface area contributed by atoms with Crippen molar-refractivity contribution in [3.05, 3.63) is 64.6 Å². The van der Waals surface area contributed by atoms with Gasteiger partial charge in [-0.25, -0.2) is 4.98 Å². The molecule has 2 aliphatic rings. The minimum Gasteiger partial charge on any atom is -0.371 e. The van der Waals surface area contributed by atoms with E-state index in [9.17, 15) is 4.79 Å². The third-order valence-electron chi connectivity index (χ3n) is 6.50. The van der Waals surface area contributed by atoms with Gasteiger partial charge in [0, 0.05) is 48.2 Å². The zero-order valence-electron chi connectivity index (χ0n) is 18.0. The molecule has 3 heterocycles. The van der Waals surface area contributed by atoms with Gasteiger partial charge in [0.1, 0.15) is 5.82 Å². The number of nitrogens with one attached hydrogen (secondary N) is 1. The van der Waals surface area contributed by atoms with E-state index in [4.69, 9.17) is 11.6 Å². The van der Waals surface area contributed by atoms with Crippen molar-refractivity contribution in [2.24, 2.45) is 5.92 Å². The molecule has 0 spiro atoms. The van der Waals surface area contributed by atoms with Crippen LogP contribution >= 0.6 is 11.6 Å². The van der Waals surface area contributed by atoms with Crippen LogP contribution in [0.3, 0.4) is 0 Å². The van der Waals surface area contributed by atoms with E-state index in [1.165, 1.54) is 11.3 Å². The Hall–Kier alpha value is -2.79. The van der Waals surface area contributed by atoms with E-state index >= 15 is 0 Å². The lowest BCUT2D eigenvalue weighted by atomic mass is 9.94. The van der Waals surface area contributed by atoms with Crippen LogP contribution in [-0.2, 0) is 11.2 Å². The minimum absolute atomic E-state index is 0.0383. The van der Waals surface area contributed by atoms with Gasteiger partial charge >= 0.3 is 0 Å². The lowest BCUT2D eigenvalue weighted by Crippen LogP contribution is -2.43. The van der Waals surface area contributed by atoms with Crippen LogP contribution in [0, 0.1) is 19.8 Å². The van der Waals surface area contributed by atoms with Gasteiger partial charge in [-0.1, -0.05) is 29.3 Å². The van der Waals surface area contributed by atoms with E-state index in [2.05, 4.69) is 46.1 Å². The van der Waals surface area contributed by atoms with Crippen molar-refractivity contribution in [3.63, 3.8) is 0 Å². The van der Waals surface area contributed by atoms with Gasteiger partial charge in [0.2, 0.25) is 5.91 Å². The summed E-state index contributed by atoms with van der Waals surface area (Å²) in [5.74, 6) is 1.14. The fourth-order valence-corrected chi connectivity index (χ4v) is 4.99. The fourth-order valence-electron chi connectivity index (χ4n) is 4.81. The molecule has 0 atom stereocenters. The highest BCUT2D eigenvalue weighted by atomic mass is 35.5. The van der Waals surface area contributed by atoms with Crippen molar-refractivity contribution in [1.82, 2.24) is 9.97 Å². The molecular formula is C25H27ClN4O. The Bertz CT molecular complexity index is 1110. The second-order valence-electron chi connectivity index (χ2n) is 8.64. The maximum Gasteiger partial charge on any atom is 0.230 e. The number of H-pyrrole nitrogens is 1. The van der Waals surface area contributed by atoms with Crippen molar-refractivity contribution in [3.8, 4) is 11.3 Å². The molecule has 1 fully saturated rings. The van der Waals surface area contributed by atoms with Crippen LogP contribution in [-0.4, -0.2) is 35.5 Å². The number of aromatic nitrogens is 2. The van der Waals surface area contributed by atoms with Gasteiger partial charge < -0.3 is 14.8 Å². The number of anilines is 2. The molecule has 0 bridgehead atoms. The Morgan fingerprint density at radius 2 is 1.81 bits per heavy atom. The van der Waals surface area contributed by atoms with E-state index in [-0.39, 0.29) is 11.8 Å². The molecule has 0 unspecified atom stereocenters. The largest absolute Gasteiger partial charge is 0.371 e. The summed E-state index contributed by atoms with van der Waals surface area (Å²) >= 11 is 6.32. The summed E-state index contributed by atoms with van der Waals surface area (Å²) in [6.45, 7) is 6.52. The molecular weight excluding hydrogens is 408 g/mol. The molecule has 0 aliphatic carbocycles. The molecule has 1 N–H and O–H groups in total. The first-order valence-electron chi connectivity index (χ1n) is 11.0. The number of nitrogens with zero attached hydrogens (tertiary/aromatic N) is 3. The average molecular weight is 435 g/mol. The third kappa shape index (κ3) is 3.83. The van der Waals surface area contributed by atoms with Crippen LogP contribution in [0.5, 0.6) is 0 Å². The van der Waals surface area contributed by atoms with Crippen LogP contribution in [0.2, 0.25) is 5.02 Å². The van der Waals surface area contributed by atoms with Crippen molar-refractivity contribution < 1.29 is 4.79 Å². The van der Waals surface area contributed by atoms with Gasteiger partial charge in [-0.2, -0.15) is 0 Å². The molecule has 31 heavy (non-hydrogen) atoms. The van der Waals surface area contributed by atoms with Gasteiger partial charge in [-0.3, -0.25) is 4.79 Å². The quantitative estimate of drug-likeness (QED) is 0.606. The van der Waals surface area contributed by atoms with E-state index in [0.29, 0.717) is 11.6 Å². The predicted molar refractivity (Wildman–Crippen MR) is 126 cm³/mol. The zero-order valence-corrected chi connectivity index (χ0v) is 18.7. The second kappa shape index (κ2) is 8.04. The van der Waals surface area contributed by atoms with E-state index in [0.717, 1.165) is 60.8 Å². The Labute approximate surface area is 188 Å². The summed E-state index contributed by atoms with van der Waals surface area (Å²) in [5.41, 5.74) is 6.39. The first-order chi connectivity index (χ1) is 15.0. The number of carbonyl (C=O) groups is 1. The molecule has 2 aromatic carbocycles. The van der Waals surface area contributed by atoms with Crippen LogP contribution in [0.4, 0.5) is 11.4 Å². The number of benzene rings is 2. The second-order valence-corrected chi connectivity index (χ2v) is 9.08. The van der Waals surface area contributed by atoms with Crippen molar-refractivity contribution in [2.45, 2.75) is 33.1 Å². The van der Waals surface area contributed by atoms with Gasteiger partial charge in [0.05, 0.1) is 17.1 Å². The highest BCUT2D eigenvalue weighted by molar-refractivity contribution is 6.31. The number of rotatable bonds is 2. The van der Waals surface area contributed by atoms with E-state index in [1.807, 2.05) is 30.0 Å². The number of piperidine rings is 1. The Kier molecular flexibility index (Phi) is 5.22. The monoisotopic (exact) mass is 434 g/mol. The molecule has 1 saturated heterocycles. The maximum atomic E-state index is 13.6. The number of carbonyl (C=O) groups excluding carboxylic acids is 1. The summed E-state index contributed by atoms with van der Waals surface area (Å²) < 4.78 is 0. The van der Waals surface area contributed by atoms with E-state index < -0.39 is 0 Å². The summed E-state index contributed by atoms with van der Waals surface area (Å²) in [4.78, 5) is 26.0. The summed E-state index contributed by atoms with van der Waals surface area (Å²) in [6, 6.07) is 14.4. The standard InChI is InChI=1S/C25H27ClN4O/c1-16-3-6-20(7-4-16)29-12-9-18(10-13-29)25(31)30-14-11-22-24(28-17(2)27-22)21-15-19(26)5-8-23(21)30/h3-8,15,18H,9-14H2,1-2H3,(H,27,28). The van der Waals surface area contributed by atoms with Crippen LogP contribution in [0.1, 0.15) is 29.9 Å². The van der Waals surface area contributed by atoms with Crippen molar-refractivity contribution in [1.29, 1.82) is 0 Å². The average Bonchev–Trinajstić information content (AvgIpc) is 3.09. The zero-order chi connectivity index (χ0) is 21.5. The SMILES string of the molecule is Cc1ccc(N2CCC(C(=O)N3CCc4nc(C)[nH]c4-c4cc(Cl)ccc43)CC2)cc1. The third-order valence-corrected chi connectivity index (χ3v) is 6.73. The minimum atomic E-state index is 0.0383. The lowest BCUT2D eigenvalue weighted by molar-refractivity contribution is -0.123. The maximum absolute atomic E-state index is 13.6. The molecule has 6 heteroatoms. The van der Waals surface area contributed by atoms with Gasteiger partial charge in [-0.15, -0.1) is 0 Å². The Morgan fingerprint density at radius 1 is 1.06 bits per heavy atom. The molecule has 0 saturated carbocycles. The lowest BCUT2D eigenvalue weighted by Gasteiger charge is -2.35. The topological polar surface area (TPSA) is 52.2 Å². The smallest absolute Gasteiger partial charge is 0.230 e. The van der Waals surface area contributed by atoms with Crippen molar-refractivity contribution in [2.75, 3.05) is 29.4 Å². The van der Waals surface area contributed by atoms with Crippen LogP contribution < -0.4 is 9.80 Å². The number of aryl methyl sites for hydroxylation is 2. The number of aromatic amines is 1. The first kappa shape index (κ1) is 20.1. The number of amides is 1. The number of fused-ring (bicyclic) bond motifs is 3. The predicted octanol–water partition coefficient (Wildman–Crippen LogP) is 5.15. The van der Waals surface area contributed by atoms with Gasteiger partial charge in [0.15, 0.2) is 0 Å². The summed E-state index contributed by atoms with van der Waals surface area (Å²) in [6.07, 6.45) is 2.48. The van der Waals surface area contributed by atoms with Crippen LogP contribution in [0.15, 0.2) is 42.5 Å². The van der Waals surface area contributed by atoms with E-state index in [1.54, 1.807) is 0 Å². The van der Waals surface area contributed by atoms with Gasteiger partial charge in [0.25, 0.3) is 0 Å². The number of hydrogen-bond donors (Lipinski definition) is 1. The van der Waals surface area contributed by atoms with Gasteiger partial charge in [-0.05, 0) is 57.0 Å². The summed E-state index contributed by atoms with van der Waals surface area (Å²) in [7, 11) is 0. The van der Waals surface area contributed by atoms with Crippen molar-refractivity contribution >= 4 is 28.9 Å². The molecule has 1 amide bonds. The molecule has 160 valence electrons. The highest BCUT2D eigenvalue weighted by Gasteiger charge is 2.32. The molecule has 0 radical (unpaired) electrons. The summed E-state index contributed by atoms with van der Waals surface area (Å²) in [5, 5.41) is 0.664. The number of hydrogen-bond acceptors (Lipinski definition) is 3. The fraction of sp³-hybridized carbons (Fsp3) is 0.360. The first-order valence-corrected chi connectivity index (χ1v) is 11.4. The molecule has 5 nitrogen and oxygen atoms in total. The number of halogens is 1. The molecule has 2 aliphatic heterocycles. The highest BCUT2D eigenvalue weighted by Crippen LogP contribution is 2.38. The Morgan fingerprint density at radius 3 is 2.55 bits per heavy atom. The molecule has 1 aromatic heterocycles. The normalized spacial score (nSPS) is 16.6. The molecule has 5 rings (SSSR count).